The highest BCUT2D eigenvalue weighted by Gasteiger charge is 2.14. The summed E-state index contributed by atoms with van der Waals surface area (Å²) in [6.07, 6.45) is 1.88. The molecule has 0 radical (unpaired) electrons. The zero-order chi connectivity index (χ0) is 17.8. The molecule has 0 aliphatic rings. The minimum atomic E-state index is -0.832. The summed E-state index contributed by atoms with van der Waals surface area (Å²) < 4.78 is 5.04. The molecule has 0 fully saturated rings. The number of ether oxygens (including phenoxy) is 1. The Morgan fingerprint density at radius 3 is 2.67 bits per heavy atom. The highest BCUT2D eigenvalue weighted by molar-refractivity contribution is 5.89. The molecule has 4 N–H and O–H groups in total. The molecule has 0 saturated heterocycles. The smallest absolute Gasteiger partial charge is 0.358 e. The van der Waals surface area contributed by atoms with Crippen LogP contribution >= 0.6 is 0 Å². The molecule has 0 saturated carbocycles. The van der Waals surface area contributed by atoms with E-state index in [2.05, 4.69) is 15.2 Å². The summed E-state index contributed by atoms with van der Waals surface area (Å²) >= 11 is 0. The van der Waals surface area contributed by atoms with E-state index in [0.717, 1.165) is 6.42 Å². The van der Waals surface area contributed by atoms with Crippen LogP contribution in [-0.2, 0) is 14.4 Å². The Morgan fingerprint density at radius 2 is 2.00 bits per heavy atom. The first-order chi connectivity index (χ1) is 11.5. The number of esters is 1. The van der Waals surface area contributed by atoms with Gasteiger partial charge in [0.2, 0.25) is 0 Å². The zero-order valence-electron chi connectivity index (χ0n) is 13.6. The number of hydrogen-bond acceptors (Lipinski definition) is 7. The first-order valence-electron chi connectivity index (χ1n) is 7.62. The monoisotopic (exact) mass is 337 g/mol. The zero-order valence-corrected chi connectivity index (χ0v) is 13.6. The predicted molar refractivity (Wildman–Crippen MR) is 88.4 cm³/mol. The Kier molecular flexibility index (Phi) is 9.10. The van der Waals surface area contributed by atoms with Crippen LogP contribution in [0, 0.1) is 0 Å². The molecule has 1 rings (SSSR count). The minimum Gasteiger partial charge on any atom is -0.439 e. The van der Waals surface area contributed by atoms with Crippen molar-refractivity contribution in [2.24, 2.45) is 10.7 Å². The molecule has 0 aromatic heterocycles. The standard InChI is InChI=1S/C16H23N3O5/c1-12(18-10-6-5-9-14(17)16(21)24-22)19-11-23-15(20)13-7-3-2-4-8-13/h2-4,7-8,14,22H,5-6,9-11,17H2,1H3,(H,18,19)/t14-/m0/s1. The van der Waals surface area contributed by atoms with Crippen molar-refractivity contribution in [3.8, 4) is 0 Å². The molecule has 0 unspecified atom stereocenters. The minimum absolute atomic E-state index is 0.0558. The van der Waals surface area contributed by atoms with Crippen molar-refractivity contribution in [1.29, 1.82) is 0 Å². The van der Waals surface area contributed by atoms with Crippen LogP contribution in [-0.4, -0.2) is 42.3 Å². The van der Waals surface area contributed by atoms with Gasteiger partial charge in [0.1, 0.15) is 6.04 Å². The lowest BCUT2D eigenvalue weighted by molar-refractivity contribution is -0.235. The second-order valence-electron chi connectivity index (χ2n) is 5.11. The molecular formula is C16H23N3O5. The van der Waals surface area contributed by atoms with Crippen molar-refractivity contribution < 1.29 is 24.5 Å². The largest absolute Gasteiger partial charge is 0.439 e. The fraction of sp³-hybridized carbons (Fsp3) is 0.438. The molecule has 132 valence electrons. The number of nitrogens with two attached hydrogens (primary N) is 1. The molecule has 0 bridgehead atoms. The first kappa shape index (κ1) is 19.6. The van der Waals surface area contributed by atoms with Gasteiger partial charge in [-0.2, -0.15) is 5.26 Å². The number of amidine groups is 1. The Hall–Kier alpha value is -2.45. The van der Waals surface area contributed by atoms with Gasteiger partial charge in [-0.15, -0.1) is 0 Å². The maximum atomic E-state index is 11.7. The first-order valence-corrected chi connectivity index (χ1v) is 7.62. The van der Waals surface area contributed by atoms with Gasteiger partial charge in [0.15, 0.2) is 6.73 Å². The van der Waals surface area contributed by atoms with Gasteiger partial charge in [0.25, 0.3) is 0 Å². The van der Waals surface area contributed by atoms with Gasteiger partial charge in [-0.1, -0.05) is 18.2 Å². The summed E-state index contributed by atoms with van der Waals surface area (Å²) in [7, 11) is 0. The number of nitrogens with zero attached hydrogens (tertiary/aromatic N) is 1. The van der Waals surface area contributed by atoms with Crippen molar-refractivity contribution in [2.45, 2.75) is 32.2 Å². The molecule has 0 aliphatic carbocycles. The Balaban J connectivity index is 2.14. The lowest BCUT2D eigenvalue weighted by Crippen LogP contribution is -2.31. The maximum absolute atomic E-state index is 11.7. The maximum Gasteiger partial charge on any atom is 0.358 e. The predicted octanol–water partition coefficient (Wildman–Crippen LogP) is 1.32. The van der Waals surface area contributed by atoms with Crippen LogP contribution in [0.5, 0.6) is 0 Å². The third-order valence-electron chi connectivity index (χ3n) is 3.22. The van der Waals surface area contributed by atoms with Crippen LogP contribution in [0.2, 0.25) is 0 Å². The summed E-state index contributed by atoms with van der Waals surface area (Å²) in [6, 6.07) is 7.88. The molecule has 24 heavy (non-hydrogen) atoms. The summed E-state index contributed by atoms with van der Waals surface area (Å²) in [6.45, 7) is 2.36. The molecule has 8 heteroatoms. The van der Waals surface area contributed by atoms with E-state index in [-0.39, 0.29) is 6.73 Å². The summed E-state index contributed by atoms with van der Waals surface area (Å²) in [5.41, 5.74) is 5.97. The van der Waals surface area contributed by atoms with Crippen molar-refractivity contribution >= 4 is 17.8 Å². The Labute approximate surface area is 140 Å². The highest BCUT2D eigenvalue weighted by atomic mass is 17.1. The van der Waals surface area contributed by atoms with Crippen LogP contribution < -0.4 is 11.1 Å². The number of hydrogen-bond donors (Lipinski definition) is 3. The van der Waals surface area contributed by atoms with E-state index in [1.807, 2.05) is 6.07 Å². The fourth-order valence-corrected chi connectivity index (χ4v) is 1.85. The Morgan fingerprint density at radius 1 is 1.29 bits per heavy atom. The number of unbranched alkanes of at least 4 members (excludes halogenated alkanes) is 1. The van der Waals surface area contributed by atoms with Crippen molar-refractivity contribution in [1.82, 2.24) is 5.32 Å². The van der Waals surface area contributed by atoms with Gasteiger partial charge in [-0.25, -0.2) is 14.6 Å². The molecule has 1 aromatic carbocycles. The lowest BCUT2D eigenvalue weighted by Gasteiger charge is -2.08. The number of carbonyl (C=O) groups is 2. The molecule has 0 amide bonds. The second kappa shape index (κ2) is 11.1. The van der Waals surface area contributed by atoms with E-state index in [1.54, 1.807) is 31.2 Å². The lowest BCUT2D eigenvalue weighted by atomic mass is 10.1. The molecule has 8 nitrogen and oxygen atoms in total. The highest BCUT2D eigenvalue weighted by Crippen LogP contribution is 2.01. The summed E-state index contributed by atoms with van der Waals surface area (Å²) in [5.74, 6) is -0.604. The van der Waals surface area contributed by atoms with Gasteiger partial charge in [0, 0.05) is 6.54 Å². The van der Waals surface area contributed by atoms with Gasteiger partial charge in [0.05, 0.1) is 11.4 Å². The van der Waals surface area contributed by atoms with Gasteiger partial charge >= 0.3 is 11.9 Å². The number of aliphatic imine (C=N–C) groups is 1. The van der Waals surface area contributed by atoms with Gasteiger partial charge in [-0.05, 0) is 38.3 Å². The third-order valence-corrected chi connectivity index (χ3v) is 3.22. The molecule has 1 aromatic rings. The number of nitrogens with one attached hydrogen (secondary N) is 1. The quantitative estimate of drug-likeness (QED) is 0.155. The number of rotatable bonds is 9. The molecular weight excluding hydrogens is 314 g/mol. The SMILES string of the molecule is CC(=NCOC(=O)c1ccccc1)NCCCC[C@H](N)C(=O)OO. The normalized spacial score (nSPS) is 12.4. The van der Waals surface area contributed by atoms with Crippen molar-refractivity contribution in [3.63, 3.8) is 0 Å². The topological polar surface area (TPSA) is 123 Å². The van der Waals surface area contributed by atoms with E-state index in [0.29, 0.717) is 30.8 Å². The molecule has 0 spiro atoms. The Bertz CT molecular complexity index is 548. The molecule has 0 aliphatic heterocycles. The summed E-state index contributed by atoms with van der Waals surface area (Å²) in [4.78, 5) is 30.2. The molecule has 1 atom stereocenters. The van der Waals surface area contributed by atoms with E-state index >= 15 is 0 Å². The average molecular weight is 337 g/mol. The number of benzene rings is 1. The third kappa shape index (κ3) is 7.70. The van der Waals surface area contributed by atoms with E-state index in [4.69, 9.17) is 15.7 Å². The van der Waals surface area contributed by atoms with Crippen LogP contribution in [0.4, 0.5) is 0 Å². The van der Waals surface area contributed by atoms with Crippen LogP contribution in [0.15, 0.2) is 35.3 Å². The van der Waals surface area contributed by atoms with Crippen molar-refractivity contribution in [2.75, 3.05) is 13.3 Å². The van der Waals surface area contributed by atoms with Gasteiger partial charge < -0.3 is 15.8 Å². The van der Waals surface area contributed by atoms with E-state index in [1.165, 1.54) is 0 Å². The van der Waals surface area contributed by atoms with E-state index < -0.39 is 18.0 Å². The number of carbonyl (C=O) groups excluding carboxylic acids is 2. The van der Waals surface area contributed by atoms with Crippen LogP contribution in [0.3, 0.4) is 0 Å². The van der Waals surface area contributed by atoms with Crippen LogP contribution in [0.25, 0.3) is 0 Å². The van der Waals surface area contributed by atoms with Crippen LogP contribution in [0.1, 0.15) is 36.5 Å². The fourth-order valence-electron chi connectivity index (χ4n) is 1.85. The van der Waals surface area contributed by atoms with Crippen molar-refractivity contribution in [3.05, 3.63) is 35.9 Å². The summed E-state index contributed by atoms with van der Waals surface area (Å²) in [5, 5.41) is 11.2. The second-order valence-corrected chi connectivity index (χ2v) is 5.11. The van der Waals surface area contributed by atoms with E-state index in [9.17, 15) is 9.59 Å². The molecule has 0 heterocycles. The average Bonchev–Trinajstić information content (AvgIpc) is 2.61. The van der Waals surface area contributed by atoms with Gasteiger partial charge in [-0.3, -0.25) is 4.89 Å².